The van der Waals surface area contributed by atoms with Gasteiger partial charge in [-0.15, -0.1) is 0 Å². The fraction of sp³-hybridized carbons (Fsp3) is 0.368. The molecule has 0 radical (unpaired) electrons. The lowest BCUT2D eigenvalue weighted by molar-refractivity contribution is 0.0678. The van der Waals surface area contributed by atoms with Gasteiger partial charge >= 0.3 is 6.09 Å². The van der Waals surface area contributed by atoms with Crippen molar-refractivity contribution in [2.45, 2.75) is 38.8 Å². The number of carbonyl (C=O) groups is 1. The third kappa shape index (κ3) is 3.88. The summed E-state index contributed by atoms with van der Waals surface area (Å²) in [6.45, 7) is 2.93. The number of halogens is 1. The number of hydrogen-bond donors (Lipinski definition) is 0. The molecule has 1 saturated heterocycles. The largest absolute Gasteiger partial charge is 0.445 e. The zero-order valence-corrected chi connectivity index (χ0v) is 14.5. The molecule has 0 bridgehead atoms. The highest BCUT2D eigenvalue weighted by atomic mass is 35.5. The number of nitrogens with zero attached hydrogens (tertiary/aromatic N) is 2. The van der Waals surface area contributed by atoms with Crippen LogP contribution < -0.4 is 0 Å². The second-order valence-corrected chi connectivity index (χ2v) is 6.48. The number of piperidine rings is 1. The molecule has 1 aliphatic heterocycles. The highest BCUT2D eigenvalue weighted by molar-refractivity contribution is 6.30. The molecule has 1 fully saturated rings. The minimum atomic E-state index is -0.267. The van der Waals surface area contributed by atoms with Crippen molar-refractivity contribution >= 4 is 17.7 Å². The lowest BCUT2D eigenvalue weighted by Gasteiger charge is -2.35. The Hall–Kier alpha value is -2.07. The van der Waals surface area contributed by atoms with E-state index in [1.807, 2.05) is 48.2 Å². The number of aryl methyl sites for hydroxylation is 1. The Morgan fingerprint density at radius 1 is 1.33 bits per heavy atom. The van der Waals surface area contributed by atoms with Gasteiger partial charge in [-0.3, -0.25) is 0 Å². The Morgan fingerprint density at radius 2 is 2.12 bits per heavy atom. The molecule has 0 N–H and O–H groups in total. The second-order valence-electron chi connectivity index (χ2n) is 6.12. The van der Waals surface area contributed by atoms with Crippen LogP contribution >= 0.6 is 11.6 Å². The Labute approximate surface area is 147 Å². The maximum atomic E-state index is 12.6. The van der Waals surface area contributed by atoms with E-state index in [1.165, 1.54) is 0 Å². The number of carbonyl (C=O) groups excluding carboxylic acids is 1. The van der Waals surface area contributed by atoms with E-state index >= 15 is 0 Å². The average molecular weight is 345 g/mol. The topological polar surface area (TPSA) is 42.4 Å². The first-order chi connectivity index (χ1) is 11.6. The van der Waals surface area contributed by atoms with Crippen LogP contribution in [-0.4, -0.2) is 22.5 Å². The molecule has 4 nitrogen and oxygen atoms in total. The molecular weight excluding hydrogens is 324 g/mol. The summed E-state index contributed by atoms with van der Waals surface area (Å²) in [4.78, 5) is 18.6. The first kappa shape index (κ1) is 16.8. The van der Waals surface area contributed by atoms with Gasteiger partial charge in [-0.1, -0.05) is 41.9 Å². The van der Waals surface area contributed by atoms with Crippen molar-refractivity contribution in [2.75, 3.05) is 6.54 Å². The molecule has 24 heavy (non-hydrogen) atoms. The van der Waals surface area contributed by atoms with Crippen LogP contribution in [0.15, 0.2) is 42.6 Å². The summed E-state index contributed by atoms with van der Waals surface area (Å²) in [6.07, 6.45) is 4.51. The van der Waals surface area contributed by atoms with Crippen LogP contribution in [0.5, 0.6) is 0 Å². The molecule has 1 atom stereocenters. The van der Waals surface area contributed by atoms with E-state index in [1.54, 1.807) is 6.20 Å². The van der Waals surface area contributed by atoms with E-state index in [0.717, 1.165) is 36.0 Å². The van der Waals surface area contributed by atoms with Gasteiger partial charge in [0, 0.05) is 12.7 Å². The average Bonchev–Trinajstić information content (AvgIpc) is 2.63. The number of rotatable bonds is 3. The van der Waals surface area contributed by atoms with Crippen molar-refractivity contribution in [3.8, 4) is 0 Å². The summed E-state index contributed by atoms with van der Waals surface area (Å²) in [5.74, 6) is 0. The van der Waals surface area contributed by atoms with Crippen LogP contribution in [0.2, 0.25) is 5.15 Å². The first-order valence-electron chi connectivity index (χ1n) is 8.24. The summed E-state index contributed by atoms with van der Waals surface area (Å²) >= 11 is 6.02. The first-order valence-corrected chi connectivity index (χ1v) is 8.62. The summed E-state index contributed by atoms with van der Waals surface area (Å²) in [6, 6.07) is 11.8. The molecule has 2 aromatic rings. The highest BCUT2D eigenvalue weighted by Crippen LogP contribution is 2.32. The minimum Gasteiger partial charge on any atom is -0.445 e. The van der Waals surface area contributed by atoms with Gasteiger partial charge in [0.25, 0.3) is 0 Å². The smallest absolute Gasteiger partial charge is 0.410 e. The summed E-state index contributed by atoms with van der Waals surface area (Å²) in [7, 11) is 0. The summed E-state index contributed by atoms with van der Waals surface area (Å²) < 4.78 is 5.51. The number of likely N-dealkylation sites (tertiary alicyclic amines) is 1. The lowest BCUT2D eigenvalue weighted by Crippen LogP contribution is -2.38. The maximum Gasteiger partial charge on any atom is 0.410 e. The molecule has 0 aliphatic carbocycles. The molecule has 5 heteroatoms. The van der Waals surface area contributed by atoms with E-state index in [9.17, 15) is 4.79 Å². The Morgan fingerprint density at radius 3 is 2.88 bits per heavy atom. The predicted octanol–water partition coefficient (Wildman–Crippen LogP) is 4.91. The van der Waals surface area contributed by atoms with E-state index in [2.05, 4.69) is 4.98 Å². The standard InChI is InChI=1S/C19H21ClN2O2/c1-14-11-16(12-21-18(14)20)17-9-5-6-10-22(17)19(23)24-13-15-7-3-2-4-8-15/h2-4,7-8,11-12,17H,5-6,9-10,13H2,1H3. The number of hydrogen-bond acceptors (Lipinski definition) is 3. The van der Waals surface area contributed by atoms with E-state index in [4.69, 9.17) is 16.3 Å². The Kier molecular flexibility index (Phi) is 5.36. The van der Waals surface area contributed by atoms with Crippen LogP contribution in [0.25, 0.3) is 0 Å². The van der Waals surface area contributed by atoms with Gasteiger partial charge in [-0.05, 0) is 48.9 Å². The van der Waals surface area contributed by atoms with Crippen LogP contribution in [0, 0.1) is 6.92 Å². The van der Waals surface area contributed by atoms with Crippen molar-refractivity contribution < 1.29 is 9.53 Å². The van der Waals surface area contributed by atoms with Crippen molar-refractivity contribution in [2.24, 2.45) is 0 Å². The molecule has 126 valence electrons. The predicted molar refractivity (Wildman–Crippen MR) is 93.9 cm³/mol. The van der Waals surface area contributed by atoms with E-state index in [-0.39, 0.29) is 12.1 Å². The Bertz CT molecular complexity index is 706. The number of amides is 1. The van der Waals surface area contributed by atoms with Gasteiger partial charge in [0.15, 0.2) is 0 Å². The molecule has 1 amide bonds. The van der Waals surface area contributed by atoms with Gasteiger partial charge in [-0.25, -0.2) is 9.78 Å². The molecular formula is C19H21ClN2O2. The minimum absolute atomic E-state index is 0.00508. The van der Waals surface area contributed by atoms with Gasteiger partial charge in [0.1, 0.15) is 11.8 Å². The second kappa shape index (κ2) is 7.67. The van der Waals surface area contributed by atoms with Crippen molar-refractivity contribution in [1.29, 1.82) is 0 Å². The van der Waals surface area contributed by atoms with Gasteiger partial charge < -0.3 is 9.64 Å². The monoisotopic (exact) mass is 344 g/mol. The van der Waals surface area contributed by atoms with Crippen molar-refractivity contribution in [3.63, 3.8) is 0 Å². The zero-order chi connectivity index (χ0) is 16.9. The fourth-order valence-corrected chi connectivity index (χ4v) is 3.16. The lowest BCUT2D eigenvalue weighted by atomic mass is 9.96. The van der Waals surface area contributed by atoms with Crippen molar-refractivity contribution in [3.05, 3.63) is 64.4 Å². The van der Waals surface area contributed by atoms with Crippen molar-refractivity contribution in [1.82, 2.24) is 9.88 Å². The zero-order valence-electron chi connectivity index (χ0n) is 13.7. The Balaban J connectivity index is 1.71. The summed E-state index contributed by atoms with van der Waals surface area (Å²) in [5, 5.41) is 0.507. The normalized spacial score (nSPS) is 17.6. The maximum absolute atomic E-state index is 12.6. The fourth-order valence-electron chi connectivity index (χ4n) is 3.06. The van der Waals surface area contributed by atoms with Gasteiger partial charge in [0.05, 0.1) is 6.04 Å². The summed E-state index contributed by atoms with van der Waals surface area (Å²) in [5.41, 5.74) is 2.94. The number of benzene rings is 1. The number of aromatic nitrogens is 1. The molecule has 1 aromatic heterocycles. The van der Waals surface area contributed by atoms with Gasteiger partial charge in [0.2, 0.25) is 0 Å². The van der Waals surface area contributed by atoms with Crippen LogP contribution in [0.1, 0.15) is 42.0 Å². The SMILES string of the molecule is Cc1cc(C2CCCCN2C(=O)OCc2ccccc2)cnc1Cl. The van der Waals surface area contributed by atoms with Gasteiger partial charge in [-0.2, -0.15) is 0 Å². The highest BCUT2D eigenvalue weighted by Gasteiger charge is 2.29. The van der Waals surface area contributed by atoms with E-state index in [0.29, 0.717) is 18.3 Å². The van der Waals surface area contributed by atoms with E-state index < -0.39 is 0 Å². The molecule has 0 spiro atoms. The quantitative estimate of drug-likeness (QED) is 0.743. The molecule has 1 unspecified atom stereocenters. The van der Waals surface area contributed by atoms with Crippen LogP contribution in [0.4, 0.5) is 4.79 Å². The molecule has 2 heterocycles. The molecule has 3 rings (SSSR count). The third-order valence-electron chi connectivity index (χ3n) is 4.36. The van der Waals surface area contributed by atoms with Crippen LogP contribution in [-0.2, 0) is 11.3 Å². The van der Waals surface area contributed by atoms with Crippen LogP contribution in [0.3, 0.4) is 0 Å². The number of pyridine rings is 1. The molecule has 1 aromatic carbocycles. The molecule has 1 aliphatic rings. The third-order valence-corrected chi connectivity index (χ3v) is 4.76. The molecule has 0 saturated carbocycles. The number of ether oxygens (including phenoxy) is 1.